The van der Waals surface area contributed by atoms with Gasteiger partial charge >= 0.3 is 0 Å². The quantitative estimate of drug-likeness (QED) is 0.231. The fourth-order valence-electron chi connectivity index (χ4n) is 4.12. The third-order valence-electron chi connectivity index (χ3n) is 6.02. The van der Waals surface area contributed by atoms with E-state index < -0.39 is 6.04 Å². The maximum Gasteiger partial charge on any atom is 0.255 e. The van der Waals surface area contributed by atoms with E-state index in [2.05, 4.69) is 20.7 Å². The summed E-state index contributed by atoms with van der Waals surface area (Å²) in [6.07, 6.45) is 0. The molecule has 37 heavy (non-hydrogen) atoms. The summed E-state index contributed by atoms with van der Waals surface area (Å²) in [6, 6.07) is 22.8. The number of aromatic nitrogens is 3. The average Bonchev–Trinajstić information content (AvgIpc) is 3.30. The number of hydrogen-bond acceptors (Lipinski definition) is 7. The van der Waals surface area contributed by atoms with E-state index >= 15 is 0 Å². The Bertz CT molecular complexity index is 1480. The van der Waals surface area contributed by atoms with Crippen LogP contribution in [-0.4, -0.2) is 37.3 Å². The van der Waals surface area contributed by atoms with Crippen LogP contribution in [0.5, 0.6) is 5.75 Å². The first-order valence-electron chi connectivity index (χ1n) is 11.7. The number of carbonyl (C=O) groups excluding carboxylic acids is 2. The van der Waals surface area contributed by atoms with Crippen molar-refractivity contribution in [2.24, 2.45) is 0 Å². The van der Waals surface area contributed by atoms with Gasteiger partial charge in [-0.15, -0.1) is 5.10 Å². The van der Waals surface area contributed by atoms with E-state index in [1.807, 2.05) is 68.4 Å². The summed E-state index contributed by atoms with van der Waals surface area (Å²) in [5.74, 6) is 0.483. The Hall–Kier alpha value is -4.37. The number of ketones is 1. The molecule has 4 aromatic rings. The van der Waals surface area contributed by atoms with Crippen LogP contribution in [0.3, 0.4) is 0 Å². The molecule has 5 rings (SSSR count). The van der Waals surface area contributed by atoms with Crippen molar-refractivity contribution in [2.75, 3.05) is 16.4 Å². The molecular formula is C28H25N5O3S. The number of phenolic OH excluding ortho intramolecular Hbond substituents is 1. The first-order valence-corrected chi connectivity index (χ1v) is 12.7. The van der Waals surface area contributed by atoms with Gasteiger partial charge in [0.15, 0.2) is 5.78 Å². The number of phenols is 1. The van der Waals surface area contributed by atoms with Gasteiger partial charge in [0, 0.05) is 16.9 Å². The van der Waals surface area contributed by atoms with Crippen molar-refractivity contribution < 1.29 is 14.7 Å². The smallest absolute Gasteiger partial charge is 0.255 e. The second kappa shape index (κ2) is 10.3. The molecule has 1 aromatic heterocycles. The number of fused-ring (bicyclic) bond motifs is 1. The highest BCUT2D eigenvalue weighted by Crippen LogP contribution is 2.37. The number of carbonyl (C=O) groups is 2. The van der Waals surface area contributed by atoms with Crippen LogP contribution in [0.4, 0.5) is 11.6 Å². The number of amides is 1. The van der Waals surface area contributed by atoms with E-state index in [-0.39, 0.29) is 23.2 Å². The summed E-state index contributed by atoms with van der Waals surface area (Å²) in [5, 5.41) is 21.1. The number of nitrogens with one attached hydrogen (secondary N) is 2. The van der Waals surface area contributed by atoms with E-state index in [4.69, 9.17) is 0 Å². The highest BCUT2D eigenvalue weighted by Gasteiger charge is 2.34. The van der Waals surface area contributed by atoms with E-state index in [0.29, 0.717) is 33.6 Å². The number of Topliss-reactive ketones (excluding diaryl/α,β-unsaturated/α-hetero) is 1. The number of rotatable bonds is 7. The van der Waals surface area contributed by atoms with Gasteiger partial charge in [0.1, 0.15) is 11.8 Å². The molecule has 1 amide bonds. The number of aryl methyl sites for hydroxylation is 1. The Balaban J connectivity index is 1.44. The Labute approximate surface area is 218 Å². The zero-order chi connectivity index (χ0) is 25.9. The lowest BCUT2D eigenvalue weighted by molar-refractivity contribution is -0.113. The van der Waals surface area contributed by atoms with Gasteiger partial charge in [-0.25, -0.2) is 4.68 Å². The molecule has 1 aliphatic heterocycles. The van der Waals surface area contributed by atoms with Crippen LogP contribution in [0, 0.1) is 6.92 Å². The highest BCUT2D eigenvalue weighted by atomic mass is 32.2. The monoisotopic (exact) mass is 511 g/mol. The minimum Gasteiger partial charge on any atom is -0.508 e. The summed E-state index contributed by atoms with van der Waals surface area (Å²) in [6.45, 7) is 3.80. The minimum absolute atomic E-state index is 0.0157. The standard InChI is InChI=1S/C28H25N5O3S/c1-17-8-10-19(11-9-17)23(35)16-37-28-31-27-29-18(2)24(26(36)30-21-6-4-3-5-7-21)25(33(27)32-28)20-12-14-22(34)15-13-20/h3-15,25,34H,16H2,1-2H3,(H,30,36)(H,29,31,32)/t25-/m1/s1. The first kappa shape index (κ1) is 24.3. The fraction of sp³-hybridized carbons (Fsp3) is 0.143. The van der Waals surface area contributed by atoms with Crippen molar-refractivity contribution in [3.05, 3.63) is 107 Å². The predicted octanol–water partition coefficient (Wildman–Crippen LogP) is 5.19. The largest absolute Gasteiger partial charge is 0.508 e. The summed E-state index contributed by atoms with van der Waals surface area (Å²) < 4.78 is 1.65. The Morgan fingerprint density at radius 3 is 2.41 bits per heavy atom. The van der Waals surface area contributed by atoms with Crippen molar-refractivity contribution in [1.82, 2.24) is 14.8 Å². The van der Waals surface area contributed by atoms with Gasteiger partial charge in [0.25, 0.3) is 5.91 Å². The topological polar surface area (TPSA) is 109 Å². The number of benzene rings is 3. The number of hydrogen-bond donors (Lipinski definition) is 3. The second-order valence-electron chi connectivity index (χ2n) is 8.72. The Kier molecular flexibility index (Phi) is 6.78. The van der Waals surface area contributed by atoms with Crippen LogP contribution in [0.2, 0.25) is 0 Å². The lowest BCUT2D eigenvalue weighted by Gasteiger charge is -2.28. The summed E-state index contributed by atoms with van der Waals surface area (Å²) in [4.78, 5) is 30.7. The maximum atomic E-state index is 13.5. The number of allylic oxidation sites excluding steroid dienone is 1. The molecule has 0 fully saturated rings. The lowest BCUT2D eigenvalue weighted by atomic mass is 9.95. The van der Waals surface area contributed by atoms with Crippen molar-refractivity contribution in [1.29, 1.82) is 0 Å². The first-order chi connectivity index (χ1) is 17.9. The average molecular weight is 512 g/mol. The molecule has 8 nitrogen and oxygen atoms in total. The van der Waals surface area contributed by atoms with Crippen molar-refractivity contribution in [3.8, 4) is 5.75 Å². The third-order valence-corrected chi connectivity index (χ3v) is 6.86. The molecule has 0 spiro atoms. The summed E-state index contributed by atoms with van der Waals surface area (Å²) in [5.41, 5.74) is 4.27. The molecule has 0 unspecified atom stereocenters. The molecule has 0 aliphatic carbocycles. The number of nitrogens with zero attached hydrogens (tertiary/aromatic N) is 3. The maximum absolute atomic E-state index is 13.5. The van der Waals surface area contributed by atoms with Crippen LogP contribution in [0.15, 0.2) is 95.3 Å². The zero-order valence-electron chi connectivity index (χ0n) is 20.3. The molecule has 3 aromatic carbocycles. The number of para-hydroxylation sites is 1. The van der Waals surface area contributed by atoms with Crippen LogP contribution in [0.1, 0.15) is 34.5 Å². The van der Waals surface area contributed by atoms with Crippen LogP contribution in [-0.2, 0) is 4.79 Å². The molecule has 9 heteroatoms. The van der Waals surface area contributed by atoms with Crippen LogP contribution in [0.25, 0.3) is 0 Å². The van der Waals surface area contributed by atoms with Gasteiger partial charge in [0.2, 0.25) is 11.1 Å². The van der Waals surface area contributed by atoms with E-state index in [9.17, 15) is 14.7 Å². The molecule has 1 atom stereocenters. The molecule has 3 N–H and O–H groups in total. The Morgan fingerprint density at radius 2 is 1.70 bits per heavy atom. The molecule has 0 bridgehead atoms. The van der Waals surface area contributed by atoms with Gasteiger partial charge < -0.3 is 15.7 Å². The van der Waals surface area contributed by atoms with Crippen LogP contribution < -0.4 is 10.6 Å². The van der Waals surface area contributed by atoms with E-state index in [0.717, 1.165) is 11.1 Å². The number of anilines is 2. The van der Waals surface area contributed by atoms with Crippen LogP contribution >= 0.6 is 11.8 Å². The lowest BCUT2D eigenvalue weighted by Crippen LogP contribution is -2.31. The van der Waals surface area contributed by atoms with Crippen molar-refractivity contribution in [2.45, 2.75) is 25.0 Å². The summed E-state index contributed by atoms with van der Waals surface area (Å²) >= 11 is 1.24. The SMILES string of the molecule is CC1=C(C(=O)Nc2ccccc2)[C@@H](c2ccc(O)cc2)n2nc(SCC(=O)c3ccc(C)cc3)nc2N1. The summed E-state index contributed by atoms with van der Waals surface area (Å²) in [7, 11) is 0. The molecular weight excluding hydrogens is 486 g/mol. The number of aromatic hydroxyl groups is 1. The van der Waals surface area contributed by atoms with Crippen molar-refractivity contribution >= 4 is 35.1 Å². The second-order valence-corrected chi connectivity index (χ2v) is 9.66. The third kappa shape index (κ3) is 5.26. The highest BCUT2D eigenvalue weighted by molar-refractivity contribution is 7.99. The molecule has 0 saturated carbocycles. The van der Waals surface area contributed by atoms with E-state index in [1.54, 1.807) is 28.9 Å². The predicted molar refractivity (Wildman–Crippen MR) is 144 cm³/mol. The van der Waals surface area contributed by atoms with Gasteiger partial charge in [-0.05, 0) is 43.7 Å². The molecule has 1 aliphatic rings. The molecule has 0 saturated heterocycles. The Morgan fingerprint density at radius 1 is 1.00 bits per heavy atom. The van der Waals surface area contributed by atoms with Gasteiger partial charge in [-0.3, -0.25) is 9.59 Å². The zero-order valence-corrected chi connectivity index (χ0v) is 21.1. The molecule has 0 radical (unpaired) electrons. The van der Waals surface area contributed by atoms with Gasteiger partial charge in [-0.1, -0.05) is 71.9 Å². The van der Waals surface area contributed by atoms with Gasteiger partial charge in [-0.2, -0.15) is 4.98 Å². The fourth-order valence-corrected chi connectivity index (χ4v) is 4.85. The van der Waals surface area contributed by atoms with Gasteiger partial charge in [0.05, 0.1) is 11.3 Å². The minimum atomic E-state index is -0.588. The van der Waals surface area contributed by atoms with E-state index in [1.165, 1.54) is 11.8 Å². The van der Waals surface area contributed by atoms with Crippen molar-refractivity contribution in [3.63, 3.8) is 0 Å². The molecule has 186 valence electrons. The normalized spacial score (nSPS) is 14.6. The number of thioether (sulfide) groups is 1. The molecule has 2 heterocycles.